The predicted molar refractivity (Wildman–Crippen MR) is 77.0 cm³/mol. The molecule has 19 heavy (non-hydrogen) atoms. The lowest BCUT2D eigenvalue weighted by Gasteiger charge is -2.25. The topological polar surface area (TPSA) is 34.6 Å². The van der Waals surface area contributed by atoms with Gasteiger partial charge in [-0.05, 0) is 39.4 Å². The Morgan fingerprint density at radius 3 is 2.37 bits per heavy atom. The molecule has 108 valence electrons. The molecule has 1 rings (SSSR count). The Labute approximate surface area is 116 Å². The number of likely N-dealkylation sites (N-methyl/N-ethyl adjacent to an activating group) is 1. The molecule has 1 heterocycles. The van der Waals surface area contributed by atoms with Crippen LogP contribution in [0.4, 0.5) is 0 Å². The molecule has 0 aliphatic rings. The van der Waals surface area contributed by atoms with Crippen molar-refractivity contribution in [2.24, 2.45) is 0 Å². The SMILES string of the molecule is CCOC(CN(CC)Cc1cccc(C)n1)OCC. The molecule has 0 spiro atoms. The molecule has 0 aromatic carbocycles. The van der Waals surface area contributed by atoms with Crippen LogP contribution in [0.25, 0.3) is 0 Å². The maximum atomic E-state index is 5.59. The molecule has 0 saturated carbocycles. The first kappa shape index (κ1) is 16.1. The van der Waals surface area contributed by atoms with E-state index in [1.165, 1.54) is 0 Å². The van der Waals surface area contributed by atoms with Gasteiger partial charge in [-0.15, -0.1) is 0 Å². The molecule has 0 aliphatic carbocycles. The molecular weight excluding hydrogens is 240 g/mol. The van der Waals surface area contributed by atoms with Gasteiger partial charge >= 0.3 is 0 Å². The molecule has 1 aromatic rings. The number of nitrogens with zero attached hydrogens (tertiary/aromatic N) is 2. The summed E-state index contributed by atoms with van der Waals surface area (Å²) in [5.41, 5.74) is 2.15. The van der Waals surface area contributed by atoms with Gasteiger partial charge in [0.25, 0.3) is 0 Å². The Bertz CT molecular complexity index is 352. The zero-order valence-corrected chi connectivity index (χ0v) is 12.6. The van der Waals surface area contributed by atoms with Gasteiger partial charge in [0.1, 0.15) is 0 Å². The van der Waals surface area contributed by atoms with E-state index in [1.807, 2.05) is 32.9 Å². The van der Waals surface area contributed by atoms with E-state index < -0.39 is 0 Å². The summed E-state index contributed by atoms with van der Waals surface area (Å²) >= 11 is 0. The van der Waals surface area contributed by atoms with Crippen molar-refractivity contribution in [3.8, 4) is 0 Å². The van der Waals surface area contributed by atoms with Crippen molar-refractivity contribution >= 4 is 0 Å². The summed E-state index contributed by atoms with van der Waals surface area (Å²) in [6, 6.07) is 6.13. The van der Waals surface area contributed by atoms with Crippen LogP contribution < -0.4 is 0 Å². The highest BCUT2D eigenvalue weighted by molar-refractivity contribution is 5.09. The largest absolute Gasteiger partial charge is 0.352 e. The zero-order chi connectivity index (χ0) is 14.1. The van der Waals surface area contributed by atoms with Crippen LogP contribution >= 0.6 is 0 Å². The number of hydrogen-bond acceptors (Lipinski definition) is 4. The van der Waals surface area contributed by atoms with Gasteiger partial charge in [0, 0.05) is 32.0 Å². The summed E-state index contributed by atoms with van der Waals surface area (Å²) in [6.07, 6.45) is -0.153. The average Bonchev–Trinajstić information content (AvgIpc) is 2.38. The van der Waals surface area contributed by atoms with E-state index in [0.717, 1.165) is 31.0 Å². The molecule has 1 aromatic heterocycles. The van der Waals surface area contributed by atoms with Crippen LogP contribution in [-0.2, 0) is 16.0 Å². The Balaban J connectivity index is 2.56. The quantitative estimate of drug-likeness (QED) is 0.644. The highest BCUT2D eigenvalue weighted by Gasteiger charge is 2.14. The maximum absolute atomic E-state index is 5.59. The standard InChI is InChI=1S/C15H26N2O2/c1-5-17(12-15(18-6-2)19-7-3)11-14-10-8-9-13(4)16-14/h8-10,15H,5-7,11-12H2,1-4H3. The third kappa shape index (κ3) is 6.14. The van der Waals surface area contributed by atoms with E-state index in [4.69, 9.17) is 9.47 Å². The summed E-state index contributed by atoms with van der Waals surface area (Å²) < 4.78 is 11.2. The number of rotatable bonds is 9. The summed E-state index contributed by atoms with van der Waals surface area (Å²) in [5.74, 6) is 0. The lowest BCUT2D eigenvalue weighted by molar-refractivity contribution is -0.147. The fourth-order valence-electron chi connectivity index (χ4n) is 1.96. The van der Waals surface area contributed by atoms with E-state index in [2.05, 4.69) is 22.9 Å². The zero-order valence-electron chi connectivity index (χ0n) is 12.6. The van der Waals surface area contributed by atoms with Crippen LogP contribution in [0.1, 0.15) is 32.2 Å². The van der Waals surface area contributed by atoms with Crippen LogP contribution in [0, 0.1) is 6.92 Å². The molecule has 0 atom stereocenters. The third-order valence-corrected chi connectivity index (χ3v) is 2.89. The van der Waals surface area contributed by atoms with Crippen molar-refractivity contribution in [3.63, 3.8) is 0 Å². The van der Waals surface area contributed by atoms with Gasteiger partial charge in [0.2, 0.25) is 0 Å². The van der Waals surface area contributed by atoms with Crippen molar-refractivity contribution in [1.29, 1.82) is 0 Å². The van der Waals surface area contributed by atoms with Gasteiger partial charge in [-0.2, -0.15) is 0 Å². The van der Waals surface area contributed by atoms with Crippen LogP contribution in [0.15, 0.2) is 18.2 Å². The predicted octanol–water partition coefficient (Wildman–Crippen LogP) is 2.61. The second kappa shape index (κ2) is 9.02. The summed E-state index contributed by atoms with van der Waals surface area (Å²) in [7, 11) is 0. The van der Waals surface area contributed by atoms with Crippen molar-refractivity contribution < 1.29 is 9.47 Å². The number of aryl methyl sites for hydroxylation is 1. The second-order valence-electron chi connectivity index (χ2n) is 4.44. The highest BCUT2D eigenvalue weighted by atomic mass is 16.7. The van der Waals surface area contributed by atoms with Crippen LogP contribution in [0.3, 0.4) is 0 Å². The minimum Gasteiger partial charge on any atom is -0.352 e. The minimum absolute atomic E-state index is 0.153. The van der Waals surface area contributed by atoms with Crippen molar-refractivity contribution in [2.75, 3.05) is 26.3 Å². The minimum atomic E-state index is -0.153. The number of aromatic nitrogens is 1. The molecule has 0 fully saturated rings. The van der Waals surface area contributed by atoms with Gasteiger partial charge in [0.15, 0.2) is 6.29 Å². The first-order chi connectivity index (χ1) is 9.19. The highest BCUT2D eigenvalue weighted by Crippen LogP contribution is 2.06. The lowest BCUT2D eigenvalue weighted by atomic mass is 10.3. The second-order valence-corrected chi connectivity index (χ2v) is 4.44. The van der Waals surface area contributed by atoms with Gasteiger partial charge in [-0.25, -0.2) is 0 Å². The van der Waals surface area contributed by atoms with Crippen molar-refractivity contribution in [1.82, 2.24) is 9.88 Å². The van der Waals surface area contributed by atoms with E-state index in [0.29, 0.717) is 13.2 Å². The fraction of sp³-hybridized carbons (Fsp3) is 0.667. The van der Waals surface area contributed by atoms with E-state index in [-0.39, 0.29) is 6.29 Å². The Kier molecular flexibility index (Phi) is 7.63. The molecule has 4 nitrogen and oxygen atoms in total. The monoisotopic (exact) mass is 266 g/mol. The van der Waals surface area contributed by atoms with Gasteiger partial charge in [-0.3, -0.25) is 9.88 Å². The fourth-order valence-corrected chi connectivity index (χ4v) is 1.96. The van der Waals surface area contributed by atoms with E-state index in [9.17, 15) is 0 Å². The lowest BCUT2D eigenvalue weighted by Crippen LogP contribution is -2.35. The molecular formula is C15H26N2O2. The number of hydrogen-bond donors (Lipinski definition) is 0. The van der Waals surface area contributed by atoms with E-state index >= 15 is 0 Å². The molecule has 0 radical (unpaired) electrons. The Morgan fingerprint density at radius 2 is 1.84 bits per heavy atom. The molecule has 0 aliphatic heterocycles. The Hall–Kier alpha value is -0.970. The van der Waals surface area contributed by atoms with Crippen LogP contribution in [0.2, 0.25) is 0 Å². The first-order valence-corrected chi connectivity index (χ1v) is 7.07. The van der Waals surface area contributed by atoms with Crippen molar-refractivity contribution in [2.45, 2.75) is 40.5 Å². The summed E-state index contributed by atoms with van der Waals surface area (Å²) in [4.78, 5) is 6.83. The molecule has 0 amide bonds. The van der Waals surface area contributed by atoms with Crippen LogP contribution in [-0.4, -0.2) is 42.5 Å². The Morgan fingerprint density at radius 1 is 1.16 bits per heavy atom. The summed E-state index contributed by atoms with van der Waals surface area (Å²) in [5, 5.41) is 0. The van der Waals surface area contributed by atoms with Crippen molar-refractivity contribution in [3.05, 3.63) is 29.6 Å². The number of pyridine rings is 1. The van der Waals surface area contributed by atoms with Gasteiger partial charge in [-0.1, -0.05) is 13.0 Å². The van der Waals surface area contributed by atoms with Crippen LogP contribution in [0.5, 0.6) is 0 Å². The smallest absolute Gasteiger partial charge is 0.170 e. The third-order valence-electron chi connectivity index (χ3n) is 2.89. The molecule has 0 N–H and O–H groups in total. The maximum Gasteiger partial charge on any atom is 0.170 e. The molecule has 0 saturated heterocycles. The van der Waals surface area contributed by atoms with E-state index in [1.54, 1.807) is 0 Å². The van der Waals surface area contributed by atoms with Gasteiger partial charge < -0.3 is 9.47 Å². The average molecular weight is 266 g/mol. The normalized spacial score (nSPS) is 11.5. The molecule has 0 bridgehead atoms. The summed E-state index contributed by atoms with van der Waals surface area (Å²) in [6.45, 7) is 12.0. The molecule has 4 heteroatoms. The first-order valence-electron chi connectivity index (χ1n) is 7.07. The van der Waals surface area contributed by atoms with Gasteiger partial charge in [0.05, 0.1) is 5.69 Å². The number of ether oxygens (including phenoxy) is 2. The molecule has 0 unspecified atom stereocenters.